The van der Waals surface area contributed by atoms with E-state index in [9.17, 15) is 19.5 Å². The molecule has 0 aromatic rings. The average molecular weight is 767 g/mol. The molecule has 8 nitrogen and oxygen atoms in total. The van der Waals surface area contributed by atoms with E-state index < -0.39 is 18.1 Å². The summed E-state index contributed by atoms with van der Waals surface area (Å²) in [6.07, 6.45) is 39.7. The lowest BCUT2D eigenvalue weighted by atomic mass is 10.0. The largest absolute Gasteiger partial charge is 0.477 e. The first-order valence-electron chi connectivity index (χ1n) is 22.7. The van der Waals surface area contributed by atoms with Gasteiger partial charge < -0.3 is 23.8 Å². The minimum Gasteiger partial charge on any atom is -0.477 e. The van der Waals surface area contributed by atoms with Crippen LogP contribution in [0, 0.1) is 0 Å². The third-order valence-corrected chi connectivity index (χ3v) is 10.4. The van der Waals surface area contributed by atoms with E-state index in [2.05, 4.69) is 26.0 Å². The third-order valence-electron chi connectivity index (χ3n) is 10.4. The van der Waals surface area contributed by atoms with Gasteiger partial charge in [-0.15, -0.1) is 0 Å². The van der Waals surface area contributed by atoms with Gasteiger partial charge in [0.15, 0.2) is 12.1 Å². The number of unbranched alkanes of at least 4 members (excludes halogenated alkanes) is 25. The summed E-state index contributed by atoms with van der Waals surface area (Å²) in [6, 6.07) is -0.611. The summed E-state index contributed by atoms with van der Waals surface area (Å²) >= 11 is 0. The Bertz CT molecular complexity index is 900. The fourth-order valence-corrected chi connectivity index (χ4v) is 6.84. The highest BCUT2D eigenvalue weighted by Crippen LogP contribution is 2.16. The van der Waals surface area contributed by atoms with Crippen LogP contribution < -0.4 is 0 Å². The van der Waals surface area contributed by atoms with E-state index >= 15 is 0 Å². The topological polar surface area (TPSA) is 99.1 Å². The molecule has 0 aliphatic rings. The fraction of sp³-hybridized carbons (Fsp3) is 0.891. The molecule has 54 heavy (non-hydrogen) atoms. The number of ether oxygens (including phenoxy) is 3. The van der Waals surface area contributed by atoms with Crippen molar-refractivity contribution in [2.75, 3.05) is 41.0 Å². The second kappa shape index (κ2) is 38.0. The van der Waals surface area contributed by atoms with Gasteiger partial charge in [0.1, 0.15) is 6.61 Å². The predicted molar refractivity (Wildman–Crippen MR) is 225 cm³/mol. The van der Waals surface area contributed by atoms with Gasteiger partial charge in [-0.25, -0.2) is 4.79 Å². The number of rotatable bonds is 41. The Kier molecular flexibility index (Phi) is 36.6. The molecule has 1 N–H and O–H groups in total. The van der Waals surface area contributed by atoms with E-state index in [1.807, 2.05) is 21.1 Å². The number of likely N-dealkylation sites (N-methyl/N-ethyl adjacent to an activating group) is 1. The van der Waals surface area contributed by atoms with Crippen molar-refractivity contribution in [2.24, 2.45) is 0 Å². The molecular formula is C46H88NO7+. The lowest BCUT2D eigenvalue weighted by molar-refractivity contribution is -0.887. The Balaban J connectivity index is 4.22. The Morgan fingerprint density at radius 2 is 0.944 bits per heavy atom. The second-order valence-electron chi connectivity index (χ2n) is 16.7. The molecule has 0 radical (unpaired) electrons. The minimum absolute atomic E-state index is 0.0484. The highest BCUT2D eigenvalue weighted by molar-refractivity contribution is 5.72. The quantitative estimate of drug-likeness (QED) is 0.0286. The molecule has 0 aromatic carbocycles. The summed E-state index contributed by atoms with van der Waals surface area (Å²) in [6.45, 7) is 4.71. The molecular weight excluding hydrogens is 679 g/mol. The van der Waals surface area contributed by atoms with Gasteiger partial charge in [0.05, 0.1) is 34.4 Å². The van der Waals surface area contributed by atoms with E-state index in [1.54, 1.807) is 0 Å². The van der Waals surface area contributed by atoms with E-state index in [-0.39, 0.29) is 36.2 Å². The highest BCUT2D eigenvalue weighted by Gasteiger charge is 2.31. The molecule has 0 aliphatic carbocycles. The molecule has 0 saturated heterocycles. The molecule has 0 fully saturated rings. The number of carbonyl (C=O) groups is 3. The Labute approximate surface area is 333 Å². The Morgan fingerprint density at radius 1 is 0.537 bits per heavy atom. The van der Waals surface area contributed by atoms with Crippen molar-refractivity contribution in [1.29, 1.82) is 0 Å². The first-order valence-corrected chi connectivity index (χ1v) is 22.7. The van der Waals surface area contributed by atoms with Crippen LogP contribution in [0.1, 0.15) is 213 Å². The number of quaternary nitrogens is 1. The highest BCUT2D eigenvalue weighted by atomic mass is 16.6. The summed E-state index contributed by atoms with van der Waals surface area (Å²) in [5, 5.41) is 9.61. The Hall–Kier alpha value is -1.93. The second-order valence-corrected chi connectivity index (χ2v) is 16.7. The van der Waals surface area contributed by atoms with Crippen LogP contribution >= 0.6 is 0 Å². The van der Waals surface area contributed by atoms with Gasteiger partial charge >= 0.3 is 17.9 Å². The van der Waals surface area contributed by atoms with E-state index in [0.717, 1.165) is 51.4 Å². The maximum atomic E-state index is 12.7. The van der Waals surface area contributed by atoms with Gasteiger partial charge in [0, 0.05) is 19.3 Å². The normalized spacial score (nSPS) is 13.0. The summed E-state index contributed by atoms with van der Waals surface area (Å²) in [5.74, 6) is -1.47. The molecule has 0 amide bonds. The molecule has 0 spiro atoms. The number of hydrogen-bond acceptors (Lipinski definition) is 6. The number of carboxylic acids is 1. The van der Waals surface area contributed by atoms with Crippen LogP contribution in [0.2, 0.25) is 0 Å². The zero-order valence-electron chi connectivity index (χ0n) is 36.2. The van der Waals surface area contributed by atoms with Gasteiger partial charge in [0.2, 0.25) is 0 Å². The Morgan fingerprint density at radius 3 is 1.39 bits per heavy atom. The maximum Gasteiger partial charge on any atom is 0.362 e. The molecule has 8 heteroatoms. The molecule has 2 atom stereocenters. The van der Waals surface area contributed by atoms with Crippen molar-refractivity contribution in [1.82, 2.24) is 0 Å². The van der Waals surface area contributed by atoms with Gasteiger partial charge in [0.25, 0.3) is 0 Å². The lowest BCUT2D eigenvalue weighted by Crippen LogP contribution is -2.50. The van der Waals surface area contributed by atoms with Crippen LogP contribution in [0.5, 0.6) is 0 Å². The average Bonchev–Trinajstić information content (AvgIpc) is 3.12. The van der Waals surface area contributed by atoms with Crippen LogP contribution in [0.15, 0.2) is 12.2 Å². The number of esters is 2. The van der Waals surface area contributed by atoms with E-state index in [1.165, 1.54) is 128 Å². The van der Waals surface area contributed by atoms with Gasteiger partial charge in [-0.05, 0) is 32.1 Å². The number of nitrogens with zero attached hydrogens (tertiary/aromatic N) is 1. The standard InChI is InChI=1S/C46H87NO7/c1-6-8-10-12-14-16-18-19-20-21-22-23-24-25-27-28-30-32-34-36-44(48)53-41-42(40-52-39-38-43(46(50)51)47(3,4)5)54-45(49)37-35-33-31-29-26-17-15-13-11-9-7-2/h13,15,42-43H,6-12,14,16-41H2,1-5H3/p+1/b15-13-. The molecule has 0 saturated carbocycles. The molecule has 2 unspecified atom stereocenters. The van der Waals surface area contributed by atoms with Crippen LogP contribution in [0.4, 0.5) is 0 Å². The van der Waals surface area contributed by atoms with E-state index in [0.29, 0.717) is 19.3 Å². The molecule has 318 valence electrons. The monoisotopic (exact) mass is 767 g/mol. The summed E-state index contributed by atoms with van der Waals surface area (Å²) in [7, 11) is 5.53. The van der Waals surface area contributed by atoms with Crippen molar-refractivity contribution in [3.05, 3.63) is 12.2 Å². The number of carbonyl (C=O) groups excluding carboxylic acids is 2. The molecule has 0 bridgehead atoms. The summed E-state index contributed by atoms with van der Waals surface area (Å²) in [4.78, 5) is 36.9. The number of hydrogen-bond donors (Lipinski definition) is 1. The van der Waals surface area contributed by atoms with Gasteiger partial charge in [-0.3, -0.25) is 9.59 Å². The number of allylic oxidation sites excluding steroid dienone is 2. The van der Waals surface area contributed by atoms with Gasteiger partial charge in [-0.1, -0.05) is 174 Å². The zero-order chi connectivity index (χ0) is 40.0. The molecule has 0 rings (SSSR count). The van der Waals surface area contributed by atoms with Gasteiger partial charge in [-0.2, -0.15) is 0 Å². The fourth-order valence-electron chi connectivity index (χ4n) is 6.84. The third kappa shape index (κ3) is 35.8. The minimum atomic E-state index is -0.874. The SMILES string of the molecule is CCCC/C=C\CCCCCCCC(=O)OC(COCCC(C(=O)O)[N+](C)(C)C)COC(=O)CCCCCCCCCCCCCCCCCCCCC. The van der Waals surface area contributed by atoms with Crippen LogP contribution in [-0.4, -0.2) is 80.6 Å². The summed E-state index contributed by atoms with van der Waals surface area (Å²) in [5.41, 5.74) is 0. The smallest absolute Gasteiger partial charge is 0.362 e. The zero-order valence-corrected chi connectivity index (χ0v) is 36.2. The van der Waals surface area contributed by atoms with Crippen molar-refractivity contribution < 1.29 is 38.2 Å². The lowest BCUT2D eigenvalue weighted by Gasteiger charge is -2.31. The molecule has 0 aromatic heterocycles. The molecule has 0 heterocycles. The van der Waals surface area contributed by atoms with E-state index in [4.69, 9.17) is 14.2 Å². The summed E-state index contributed by atoms with van der Waals surface area (Å²) < 4.78 is 17.3. The number of carboxylic acid groups (broad SMARTS) is 1. The first kappa shape index (κ1) is 52.1. The van der Waals surface area contributed by atoms with Crippen molar-refractivity contribution in [3.63, 3.8) is 0 Å². The number of aliphatic carboxylic acids is 1. The van der Waals surface area contributed by atoms with Crippen molar-refractivity contribution >= 4 is 17.9 Å². The van der Waals surface area contributed by atoms with Crippen LogP contribution in [0.25, 0.3) is 0 Å². The van der Waals surface area contributed by atoms with Crippen LogP contribution in [0.3, 0.4) is 0 Å². The maximum absolute atomic E-state index is 12.7. The first-order chi connectivity index (χ1) is 26.1. The van der Waals surface area contributed by atoms with Crippen molar-refractivity contribution in [2.45, 2.75) is 225 Å². The van der Waals surface area contributed by atoms with Crippen molar-refractivity contribution in [3.8, 4) is 0 Å². The van der Waals surface area contributed by atoms with Crippen LogP contribution in [-0.2, 0) is 28.6 Å². The molecule has 0 aliphatic heterocycles. The predicted octanol–water partition coefficient (Wildman–Crippen LogP) is 12.3.